The van der Waals surface area contributed by atoms with Gasteiger partial charge in [-0.05, 0) is 25.8 Å². The third kappa shape index (κ3) is 9.28. The lowest BCUT2D eigenvalue weighted by Crippen LogP contribution is -2.33. The molecule has 0 spiro atoms. The first-order valence-corrected chi connectivity index (χ1v) is 9.01. The molecule has 0 unspecified atom stereocenters. The van der Waals surface area contributed by atoms with Gasteiger partial charge in [0, 0.05) is 18.9 Å². The smallest absolute Gasteiger partial charge is 0.344 e. The molecule has 0 amide bonds. The lowest BCUT2D eigenvalue weighted by atomic mass is 10.1. The molecule has 0 radical (unpaired) electrons. The van der Waals surface area contributed by atoms with Crippen LogP contribution in [0.4, 0.5) is 0 Å². The molecular formula is C19H30NO4+. The largest absolute Gasteiger partial charge is 0.481 e. The van der Waals surface area contributed by atoms with Gasteiger partial charge in [0.25, 0.3) is 0 Å². The van der Waals surface area contributed by atoms with E-state index in [1.54, 1.807) is 13.0 Å². The third-order valence-corrected chi connectivity index (χ3v) is 3.93. The predicted molar refractivity (Wildman–Crippen MR) is 91.8 cm³/mol. The maximum atomic E-state index is 11.7. The number of aryl methyl sites for hydroxylation is 1. The van der Waals surface area contributed by atoms with Crippen LogP contribution in [0.5, 0.6) is 0 Å². The highest BCUT2D eigenvalue weighted by Crippen LogP contribution is 2.09. The number of carbonyl (C=O) groups is 2. The van der Waals surface area contributed by atoms with Gasteiger partial charge >= 0.3 is 11.9 Å². The van der Waals surface area contributed by atoms with Gasteiger partial charge in [0.1, 0.15) is 12.1 Å². The van der Waals surface area contributed by atoms with Crippen molar-refractivity contribution in [3.8, 4) is 0 Å². The van der Waals surface area contributed by atoms with Gasteiger partial charge in [0.05, 0.1) is 6.61 Å². The lowest BCUT2D eigenvalue weighted by Gasteiger charge is -2.02. The van der Waals surface area contributed by atoms with Gasteiger partial charge < -0.3 is 9.84 Å². The van der Waals surface area contributed by atoms with E-state index in [4.69, 9.17) is 9.84 Å². The molecule has 1 rings (SSSR count). The number of pyridine rings is 1. The third-order valence-electron chi connectivity index (χ3n) is 3.93. The average Bonchev–Trinajstić information content (AvgIpc) is 2.57. The van der Waals surface area contributed by atoms with Crippen LogP contribution in [0, 0.1) is 0 Å². The van der Waals surface area contributed by atoms with E-state index in [0.717, 1.165) is 32.2 Å². The van der Waals surface area contributed by atoms with Crippen molar-refractivity contribution in [1.82, 2.24) is 0 Å². The van der Waals surface area contributed by atoms with Crippen LogP contribution < -0.4 is 4.57 Å². The molecule has 24 heavy (non-hydrogen) atoms. The van der Waals surface area contributed by atoms with Crippen molar-refractivity contribution in [2.45, 2.75) is 71.3 Å². The second-order valence-corrected chi connectivity index (χ2v) is 6.02. The summed E-state index contributed by atoms with van der Waals surface area (Å²) in [5.74, 6) is -0.964. The highest BCUT2D eigenvalue weighted by molar-refractivity contribution is 5.88. The average molecular weight is 336 g/mol. The Bertz CT molecular complexity index is 502. The van der Waals surface area contributed by atoms with Crippen LogP contribution in [0.3, 0.4) is 0 Å². The Labute approximate surface area is 144 Å². The minimum Gasteiger partial charge on any atom is -0.481 e. The molecule has 0 aromatic carbocycles. The summed E-state index contributed by atoms with van der Waals surface area (Å²) in [5.41, 5.74) is 0.598. The molecular weight excluding hydrogens is 306 g/mol. The molecule has 1 aromatic rings. The lowest BCUT2D eigenvalue weighted by molar-refractivity contribution is -0.697. The van der Waals surface area contributed by atoms with Gasteiger partial charge in [-0.2, -0.15) is 0 Å². The van der Waals surface area contributed by atoms with Crippen LogP contribution in [0.1, 0.15) is 75.1 Å². The van der Waals surface area contributed by atoms with Crippen molar-refractivity contribution < 1.29 is 24.0 Å². The first-order valence-electron chi connectivity index (χ1n) is 9.01. The molecule has 5 nitrogen and oxygen atoms in total. The Hall–Kier alpha value is -1.91. The molecule has 0 saturated carbocycles. The fraction of sp³-hybridized carbons (Fsp3) is 0.632. The number of carboxylic acids is 1. The van der Waals surface area contributed by atoms with Crippen LogP contribution in [-0.4, -0.2) is 23.7 Å². The molecule has 1 heterocycles. The quantitative estimate of drug-likeness (QED) is 0.338. The Morgan fingerprint density at radius 1 is 1.04 bits per heavy atom. The maximum absolute atomic E-state index is 11.7. The van der Waals surface area contributed by atoms with Gasteiger partial charge in [-0.15, -0.1) is 0 Å². The highest BCUT2D eigenvalue weighted by atomic mass is 16.5. The number of carbonyl (C=O) groups excluding carboxylic acids is 1. The molecule has 0 saturated heterocycles. The maximum Gasteiger partial charge on any atom is 0.344 e. The summed E-state index contributed by atoms with van der Waals surface area (Å²) in [4.78, 5) is 22.1. The summed E-state index contributed by atoms with van der Waals surface area (Å²) in [6, 6.07) is 3.65. The molecule has 0 fully saturated rings. The van der Waals surface area contributed by atoms with Gasteiger partial charge in [-0.25, -0.2) is 9.36 Å². The van der Waals surface area contributed by atoms with Crippen LogP contribution in [0.25, 0.3) is 0 Å². The summed E-state index contributed by atoms with van der Waals surface area (Å²) in [6.07, 6.45) is 12.9. The Kier molecular flexibility index (Phi) is 10.5. The zero-order valence-corrected chi connectivity index (χ0v) is 14.7. The summed E-state index contributed by atoms with van der Waals surface area (Å²) >= 11 is 0. The second kappa shape index (κ2) is 12.5. The van der Waals surface area contributed by atoms with E-state index >= 15 is 0 Å². The van der Waals surface area contributed by atoms with Crippen molar-refractivity contribution in [2.75, 3.05) is 6.61 Å². The summed E-state index contributed by atoms with van der Waals surface area (Å²) < 4.78 is 7.05. The minimum atomic E-state index is -0.695. The summed E-state index contributed by atoms with van der Waals surface area (Å²) in [7, 11) is 0. The molecule has 0 aliphatic rings. The molecule has 0 atom stereocenters. The van der Waals surface area contributed by atoms with E-state index < -0.39 is 5.97 Å². The number of carboxylic acid groups (broad SMARTS) is 1. The predicted octanol–water partition coefficient (Wildman–Crippen LogP) is 3.75. The van der Waals surface area contributed by atoms with Crippen molar-refractivity contribution >= 4 is 11.9 Å². The molecule has 5 heteroatoms. The molecule has 134 valence electrons. The zero-order valence-electron chi connectivity index (χ0n) is 14.7. The molecule has 0 aliphatic carbocycles. The number of ether oxygens (including phenoxy) is 1. The van der Waals surface area contributed by atoms with Crippen LogP contribution in [0.15, 0.2) is 24.5 Å². The van der Waals surface area contributed by atoms with Gasteiger partial charge in [0.15, 0.2) is 12.4 Å². The van der Waals surface area contributed by atoms with E-state index in [1.165, 1.54) is 25.7 Å². The molecule has 1 aromatic heterocycles. The van der Waals surface area contributed by atoms with Crippen molar-refractivity contribution in [1.29, 1.82) is 0 Å². The fourth-order valence-corrected chi connectivity index (χ4v) is 2.63. The van der Waals surface area contributed by atoms with Crippen LogP contribution in [-0.2, 0) is 16.1 Å². The molecule has 0 bridgehead atoms. The second-order valence-electron chi connectivity index (χ2n) is 6.02. The van der Waals surface area contributed by atoms with Crippen molar-refractivity contribution in [2.24, 2.45) is 0 Å². The topological polar surface area (TPSA) is 67.5 Å². The van der Waals surface area contributed by atoms with Crippen molar-refractivity contribution in [3.63, 3.8) is 0 Å². The monoisotopic (exact) mass is 336 g/mol. The van der Waals surface area contributed by atoms with Gasteiger partial charge in [-0.3, -0.25) is 4.79 Å². The van der Waals surface area contributed by atoms with Gasteiger partial charge in [0.2, 0.25) is 0 Å². The minimum absolute atomic E-state index is 0.269. The molecule has 1 N–H and O–H groups in total. The number of hydrogen-bond donors (Lipinski definition) is 1. The van der Waals surface area contributed by atoms with E-state index in [0.29, 0.717) is 18.6 Å². The SMILES string of the molecule is CCOC(=O)c1ccc[n+](CCCCCCCCCCC(=O)O)c1. The number of hydrogen-bond acceptors (Lipinski definition) is 3. The van der Waals surface area contributed by atoms with Crippen molar-refractivity contribution in [3.05, 3.63) is 30.1 Å². The fourth-order valence-electron chi connectivity index (χ4n) is 2.63. The number of esters is 1. The normalized spacial score (nSPS) is 10.5. The Morgan fingerprint density at radius 2 is 1.67 bits per heavy atom. The molecule has 0 aliphatic heterocycles. The van der Waals surface area contributed by atoms with Gasteiger partial charge in [-0.1, -0.05) is 32.1 Å². The van der Waals surface area contributed by atoms with E-state index in [1.807, 2.05) is 23.0 Å². The Balaban J connectivity index is 2.08. The van der Waals surface area contributed by atoms with E-state index in [-0.39, 0.29) is 5.97 Å². The zero-order chi connectivity index (χ0) is 17.6. The van der Waals surface area contributed by atoms with Crippen LogP contribution >= 0.6 is 0 Å². The number of aliphatic carboxylic acids is 1. The number of unbranched alkanes of at least 4 members (excludes halogenated alkanes) is 7. The standard InChI is InChI=1S/C19H29NO4/c1-2-24-19(23)17-12-11-15-20(16-17)14-10-8-6-4-3-5-7-9-13-18(21)22/h11-12,15-16H,2-10,13-14H2,1H3/p+1. The van der Waals surface area contributed by atoms with E-state index in [2.05, 4.69) is 0 Å². The Morgan fingerprint density at radius 3 is 2.29 bits per heavy atom. The van der Waals surface area contributed by atoms with Crippen LogP contribution in [0.2, 0.25) is 0 Å². The number of rotatable bonds is 13. The number of nitrogens with zero attached hydrogens (tertiary/aromatic N) is 1. The first-order chi connectivity index (χ1) is 11.6. The highest BCUT2D eigenvalue weighted by Gasteiger charge is 2.11. The summed E-state index contributed by atoms with van der Waals surface area (Å²) in [6.45, 7) is 3.11. The summed E-state index contributed by atoms with van der Waals surface area (Å²) in [5, 5.41) is 8.55. The first kappa shape index (κ1) is 20.1. The van der Waals surface area contributed by atoms with E-state index in [9.17, 15) is 9.59 Å². The number of aromatic nitrogens is 1.